The lowest BCUT2D eigenvalue weighted by Crippen LogP contribution is -2.47. The molecule has 3 N–H and O–H groups in total. The van der Waals surface area contributed by atoms with Crippen molar-refractivity contribution in [3.8, 4) is 17.2 Å². The third kappa shape index (κ3) is 4.83. The second-order valence-corrected chi connectivity index (χ2v) is 6.83. The van der Waals surface area contributed by atoms with Crippen LogP contribution in [0.4, 0.5) is 4.39 Å². The highest BCUT2D eigenvalue weighted by Crippen LogP contribution is 2.34. The number of rotatable bonds is 7. The topological polar surface area (TPSA) is 99.9 Å². The van der Waals surface area contributed by atoms with Crippen LogP contribution in [0.3, 0.4) is 0 Å². The Balaban J connectivity index is 1.73. The molecule has 2 aromatic rings. The molecule has 154 valence electrons. The van der Waals surface area contributed by atoms with Crippen LogP contribution in [0.15, 0.2) is 36.4 Å². The molecule has 0 atom stereocenters. The number of halogens is 1. The van der Waals surface area contributed by atoms with Crippen LogP contribution in [0.25, 0.3) is 0 Å². The molecule has 0 radical (unpaired) electrons. The zero-order valence-corrected chi connectivity index (χ0v) is 16.2. The van der Waals surface area contributed by atoms with Crippen LogP contribution in [-0.4, -0.2) is 32.1 Å². The highest BCUT2D eigenvalue weighted by molar-refractivity contribution is 5.95. The zero-order chi connectivity index (χ0) is 21.0. The maximum Gasteiger partial charge on any atom is 0.308 e. The van der Waals surface area contributed by atoms with Crippen molar-refractivity contribution >= 4 is 11.9 Å². The average Bonchev–Trinajstić information content (AvgIpc) is 2.69. The van der Waals surface area contributed by atoms with Gasteiger partial charge in [0, 0.05) is 24.2 Å². The van der Waals surface area contributed by atoms with Crippen LogP contribution < -0.4 is 20.5 Å². The molecule has 1 aliphatic carbocycles. The lowest BCUT2D eigenvalue weighted by molar-refractivity contribution is -0.149. The standard InChI is InChI=1S/C21H23FN2O5/c1-27-18-4-3-13(20(25)24-16-7-14(8-16)21(26)28-2)9-19(18)29-17-6-12(11-23)5-15(22)10-17/h3-6,9-10,14,16H,7-8,11,23H2,1-2H3,(H,24,25). The summed E-state index contributed by atoms with van der Waals surface area (Å²) in [7, 11) is 2.82. The van der Waals surface area contributed by atoms with E-state index in [1.807, 2.05) is 0 Å². The number of esters is 1. The third-order valence-electron chi connectivity index (χ3n) is 4.83. The van der Waals surface area contributed by atoms with Crippen molar-refractivity contribution in [3.05, 3.63) is 53.3 Å². The third-order valence-corrected chi connectivity index (χ3v) is 4.83. The second-order valence-electron chi connectivity index (χ2n) is 6.83. The number of methoxy groups -OCH3 is 2. The smallest absolute Gasteiger partial charge is 0.308 e. The van der Waals surface area contributed by atoms with Gasteiger partial charge in [0.15, 0.2) is 11.5 Å². The molecule has 0 heterocycles. The van der Waals surface area contributed by atoms with E-state index in [1.54, 1.807) is 18.2 Å². The first-order chi connectivity index (χ1) is 13.9. The van der Waals surface area contributed by atoms with Gasteiger partial charge >= 0.3 is 5.97 Å². The van der Waals surface area contributed by atoms with Crippen LogP contribution in [-0.2, 0) is 16.1 Å². The summed E-state index contributed by atoms with van der Waals surface area (Å²) in [4.78, 5) is 24.0. The Morgan fingerprint density at radius 3 is 2.55 bits per heavy atom. The number of ether oxygens (including phenoxy) is 3. The van der Waals surface area contributed by atoms with Gasteiger partial charge in [-0.05, 0) is 48.7 Å². The Labute approximate surface area is 167 Å². The van der Waals surface area contributed by atoms with Gasteiger partial charge in [-0.25, -0.2) is 4.39 Å². The van der Waals surface area contributed by atoms with Crippen LogP contribution >= 0.6 is 0 Å². The Morgan fingerprint density at radius 2 is 1.90 bits per heavy atom. The normalized spacial score (nSPS) is 17.8. The van der Waals surface area contributed by atoms with E-state index < -0.39 is 5.82 Å². The van der Waals surface area contributed by atoms with Crippen molar-refractivity contribution in [2.45, 2.75) is 25.4 Å². The van der Waals surface area contributed by atoms with Gasteiger partial charge in [-0.15, -0.1) is 0 Å². The SMILES string of the molecule is COC(=O)C1CC(NC(=O)c2ccc(OC)c(Oc3cc(F)cc(CN)c3)c2)C1. The molecule has 3 rings (SSSR count). The molecule has 0 aliphatic heterocycles. The number of nitrogens with two attached hydrogens (primary N) is 1. The summed E-state index contributed by atoms with van der Waals surface area (Å²) in [6, 6.07) is 8.82. The first-order valence-electron chi connectivity index (χ1n) is 9.17. The summed E-state index contributed by atoms with van der Waals surface area (Å²) in [5.41, 5.74) is 6.51. The molecule has 29 heavy (non-hydrogen) atoms. The minimum absolute atomic E-state index is 0.0894. The van der Waals surface area contributed by atoms with Crippen molar-refractivity contribution in [1.29, 1.82) is 0 Å². The van der Waals surface area contributed by atoms with Crippen LogP contribution in [0.5, 0.6) is 17.2 Å². The molecule has 7 nitrogen and oxygen atoms in total. The molecule has 0 saturated heterocycles. The van der Waals surface area contributed by atoms with E-state index >= 15 is 0 Å². The Morgan fingerprint density at radius 1 is 1.14 bits per heavy atom. The average molecular weight is 402 g/mol. The lowest BCUT2D eigenvalue weighted by atomic mass is 9.80. The van der Waals surface area contributed by atoms with Crippen molar-refractivity contribution in [3.63, 3.8) is 0 Å². The molecular weight excluding hydrogens is 379 g/mol. The van der Waals surface area contributed by atoms with Gasteiger partial charge < -0.3 is 25.3 Å². The molecule has 1 fully saturated rings. The molecule has 1 saturated carbocycles. The fourth-order valence-electron chi connectivity index (χ4n) is 3.19. The van der Waals surface area contributed by atoms with Gasteiger partial charge in [0.05, 0.1) is 20.1 Å². The van der Waals surface area contributed by atoms with E-state index in [2.05, 4.69) is 5.32 Å². The highest BCUT2D eigenvalue weighted by atomic mass is 19.1. The zero-order valence-electron chi connectivity index (χ0n) is 16.2. The fourth-order valence-corrected chi connectivity index (χ4v) is 3.19. The van der Waals surface area contributed by atoms with Gasteiger partial charge in [-0.3, -0.25) is 9.59 Å². The second kappa shape index (κ2) is 8.91. The van der Waals surface area contributed by atoms with Crippen LogP contribution in [0.2, 0.25) is 0 Å². The monoisotopic (exact) mass is 402 g/mol. The Hall–Kier alpha value is -3.13. The maximum atomic E-state index is 13.7. The minimum Gasteiger partial charge on any atom is -0.493 e. The number of amides is 1. The summed E-state index contributed by atoms with van der Waals surface area (Å²) in [6.45, 7) is 0.168. The summed E-state index contributed by atoms with van der Waals surface area (Å²) < 4.78 is 29.5. The first-order valence-corrected chi connectivity index (χ1v) is 9.17. The predicted molar refractivity (Wildman–Crippen MR) is 103 cm³/mol. The van der Waals surface area contributed by atoms with Gasteiger partial charge in [0.25, 0.3) is 5.91 Å². The fraction of sp³-hybridized carbons (Fsp3) is 0.333. The van der Waals surface area contributed by atoms with E-state index in [4.69, 9.17) is 19.9 Å². The van der Waals surface area contributed by atoms with Crippen molar-refractivity contribution < 1.29 is 28.2 Å². The van der Waals surface area contributed by atoms with E-state index in [0.29, 0.717) is 29.7 Å². The van der Waals surface area contributed by atoms with E-state index in [-0.39, 0.29) is 41.9 Å². The van der Waals surface area contributed by atoms with Crippen molar-refractivity contribution in [2.24, 2.45) is 11.7 Å². The number of benzene rings is 2. The highest BCUT2D eigenvalue weighted by Gasteiger charge is 2.36. The van der Waals surface area contributed by atoms with Crippen LogP contribution in [0.1, 0.15) is 28.8 Å². The van der Waals surface area contributed by atoms with Crippen molar-refractivity contribution in [1.82, 2.24) is 5.32 Å². The molecule has 1 aliphatic rings. The predicted octanol–water partition coefficient (Wildman–Crippen LogP) is 2.77. The quantitative estimate of drug-likeness (QED) is 0.691. The summed E-state index contributed by atoms with van der Waals surface area (Å²) in [6.07, 6.45) is 1.09. The Bertz CT molecular complexity index is 912. The number of hydrogen-bond acceptors (Lipinski definition) is 6. The molecule has 0 unspecified atom stereocenters. The largest absolute Gasteiger partial charge is 0.493 e. The number of carbonyl (C=O) groups is 2. The van der Waals surface area contributed by atoms with E-state index in [9.17, 15) is 14.0 Å². The Kier molecular flexibility index (Phi) is 6.33. The van der Waals surface area contributed by atoms with Crippen molar-refractivity contribution in [2.75, 3.05) is 14.2 Å². The number of carbonyl (C=O) groups excluding carboxylic acids is 2. The summed E-state index contributed by atoms with van der Waals surface area (Å²) in [5.74, 6) is -0.286. The lowest BCUT2D eigenvalue weighted by Gasteiger charge is -2.33. The van der Waals surface area contributed by atoms with Gasteiger partial charge in [0.2, 0.25) is 0 Å². The molecule has 0 spiro atoms. The van der Waals surface area contributed by atoms with Gasteiger partial charge in [0.1, 0.15) is 11.6 Å². The number of hydrogen-bond donors (Lipinski definition) is 2. The van der Waals surface area contributed by atoms with Gasteiger partial charge in [-0.1, -0.05) is 0 Å². The maximum absolute atomic E-state index is 13.7. The van der Waals surface area contributed by atoms with Gasteiger partial charge in [-0.2, -0.15) is 0 Å². The molecular formula is C21H23FN2O5. The molecule has 8 heteroatoms. The van der Waals surface area contributed by atoms with E-state index in [0.717, 1.165) is 0 Å². The van der Waals surface area contributed by atoms with Crippen LogP contribution in [0, 0.1) is 11.7 Å². The van der Waals surface area contributed by atoms with E-state index in [1.165, 1.54) is 32.4 Å². The number of nitrogens with one attached hydrogen (secondary N) is 1. The molecule has 0 bridgehead atoms. The minimum atomic E-state index is -0.471. The molecule has 1 amide bonds. The molecule has 2 aromatic carbocycles. The summed E-state index contributed by atoms with van der Waals surface area (Å²) in [5, 5.41) is 2.88. The first kappa shape index (κ1) is 20.6. The molecule has 0 aromatic heterocycles. The summed E-state index contributed by atoms with van der Waals surface area (Å²) >= 11 is 0.